The molecule has 1 aliphatic carbocycles. The van der Waals surface area contributed by atoms with Crippen molar-refractivity contribution in [2.24, 2.45) is 11.7 Å². The summed E-state index contributed by atoms with van der Waals surface area (Å²) in [6, 6.07) is 6.37. The van der Waals surface area contributed by atoms with Gasteiger partial charge in [0.2, 0.25) is 0 Å². The van der Waals surface area contributed by atoms with Gasteiger partial charge in [0.15, 0.2) is 0 Å². The van der Waals surface area contributed by atoms with Crippen LogP contribution in [0.3, 0.4) is 0 Å². The van der Waals surface area contributed by atoms with Crippen LogP contribution < -0.4 is 10.5 Å². The molecule has 1 unspecified atom stereocenters. The van der Waals surface area contributed by atoms with Crippen molar-refractivity contribution in [2.75, 3.05) is 7.11 Å². The van der Waals surface area contributed by atoms with Gasteiger partial charge in [0, 0.05) is 11.6 Å². The van der Waals surface area contributed by atoms with E-state index in [4.69, 9.17) is 10.5 Å². The second kappa shape index (κ2) is 4.88. The number of nitrogens with two attached hydrogens (primary N) is 1. The van der Waals surface area contributed by atoms with Gasteiger partial charge >= 0.3 is 0 Å². The molecule has 2 heteroatoms. The first kappa shape index (κ1) is 11.5. The largest absolute Gasteiger partial charge is 0.496 e. The number of aryl methyl sites for hydroxylation is 1. The third kappa shape index (κ3) is 2.38. The number of hydrogen-bond donors (Lipinski definition) is 1. The minimum absolute atomic E-state index is 0.125. The van der Waals surface area contributed by atoms with E-state index in [1.807, 2.05) is 6.07 Å². The number of benzene rings is 1. The van der Waals surface area contributed by atoms with E-state index >= 15 is 0 Å². The SMILES string of the molecule is COc1ccc(C)cc1C(N)CC1CCC1. The Balaban J connectivity index is 2.13. The molecule has 1 aromatic carbocycles. The van der Waals surface area contributed by atoms with Gasteiger partial charge in [-0.3, -0.25) is 0 Å². The Morgan fingerprint density at radius 3 is 2.75 bits per heavy atom. The van der Waals surface area contributed by atoms with Gasteiger partial charge in [-0.25, -0.2) is 0 Å². The first-order valence-electron chi connectivity index (χ1n) is 6.11. The van der Waals surface area contributed by atoms with Crippen molar-refractivity contribution in [1.29, 1.82) is 0 Å². The second-order valence-electron chi connectivity index (χ2n) is 4.88. The van der Waals surface area contributed by atoms with Crippen LogP contribution in [0.15, 0.2) is 18.2 Å². The Morgan fingerprint density at radius 2 is 2.19 bits per heavy atom. The van der Waals surface area contributed by atoms with Crippen molar-refractivity contribution in [3.05, 3.63) is 29.3 Å². The fourth-order valence-electron chi connectivity index (χ4n) is 2.36. The molecule has 88 valence electrons. The lowest BCUT2D eigenvalue weighted by Crippen LogP contribution is -2.20. The predicted molar refractivity (Wildman–Crippen MR) is 66.6 cm³/mol. The summed E-state index contributed by atoms with van der Waals surface area (Å²) in [7, 11) is 1.71. The zero-order valence-corrected chi connectivity index (χ0v) is 10.2. The molecule has 0 spiro atoms. The Kier molecular flexibility index (Phi) is 3.49. The smallest absolute Gasteiger partial charge is 0.123 e. The highest BCUT2D eigenvalue weighted by Crippen LogP contribution is 2.36. The van der Waals surface area contributed by atoms with Gasteiger partial charge in [-0.15, -0.1) is 0 Å². The summed E-state index contributed by atoms with van der Waals surface area (Å²) in [5, 5.41) is 0. The Morgan fingerprint density at radius 1 is 1.44 bits per heavy atom. The summed E-state index contributed by atoms with van der Waals surface area (Å²) in [5.41, 5.74) is 8.68. The fourth-order valence-corrected chi connectivity index (χ4v) is 2.36. The van der Waals surface area contributed by atoms with Crippen LogP contribution in [0.1, 0.15) is 42.9 Å². The number of ether oxygens (including phenoxy) is 1. The van der Waals surface area contributed by atoms with Crippen LogP contribution in [0, 0.1) is 12.8 Å². The molecule has 0 amide bonds. The molecule has 1 fully saturated rings. The van der Waals surface area contributed by atoms with Crippen LogP contribution in [0.2, 0.25) is 0 Å². The molecule has 2 N–H and O–H groups in total. The molecule has 2 rings (SSSR count). The molecule has 2 nitrogen and oxygen atoms in total. The Hall–Kier alpha value is -1.02. The number of hydrogen-bond acceptors (Lipinski definition) is 2. The standard InChI is InChI=1S/C14H21NO/c1-10-6-7-14(16-2)12(8-10)13(15)9-11-4-3-5-11/h6-8,11,13H,3-5,9,15H2,1-2H3. The topological polar surface area (TPSA) is 35.2 Å². The molecule has 1 aliphatic rings. The highest BCUT2D eigenvalue weighted by Gasteiger charge is 2.22. The quantitative estimate of drug-likeness (QED) is 0.844. The van der Waals surface area contributed by atoms with Gasteiger partial charge in [0.25, 0.3) is 0 Å². The summed E-state index contributed by atoms with van der Waals surface area (Å²) in [6.45, 7) is 2.10. The van der Waals surface area contributed by atoms with Gasteiger partial charge in [-0.2, -0.15) is 0 Å². The molecular weight excluding hydrogens is 198 g/mol. The van der Waals surface area contributed by atoms with Crippen molar-refractivity contribution < 1.29 is 4.74 Å². The van der Waals surface area contributed by atoms with Gasteiger partial charge in [-0.1, -0.05) is 37.0 Å². The molecule has 16 heavy (non-hydrogen) atoms. The van der Waals surface area contributed by atoms with Crippen LogP contribution in [-0.4, -0.2) is 7.11 Å². The van der Waals surface area contributed by atoms with Crippen molar-refractivity contribution in [2.45, 2.75) is 38.6 Å². The second-order valence-corrected chi connectivity index (χ2v) is 4.88. The lowest BCUT2D eigenvalue weighted by Gasteiger charge is -2.28. The summed E-state index contributed by atoms with van der Waals surface area (Å²) in [4.78, 5) is 0. The molecule has 1 saturated carbocycles. The summed E-state index contributed by atoms with van der Waals surface area (Å²) < 4.78 is 5.37. The lowest BCUT2D eigenvalue weighted by molar-refractivity contribution is 0.275. The zero-order chi connectivity index (χ0) is 11.5. The maximum atomic E-state index is 6.27. The number of rotatable bonds is 4. The minimum Gasteiger partial charge on any atom is -0.496 e. The normalized spacial score (nSPS) is 17.9. The zero-order valence-electron chi connectivity index (χ0n) is 10.2. The van der Waals surface area contributed by atoms with Crippen LogP contribution in [0.4, 0.5) is 0 Å². The molecule has 1 aromatic rings. The molecule has 0 radical (unpaired) electrons. The Labute approximate surface area is 97.8 Å². The molecular formula is C14H21NO. The van der Waals surface area contributed by atoms with Crippen molar-refractivity contribution in [3.63, 3.8) is 0 Å². The fraction of sp³-hybridized carbons (Fsp3) is 0.571. The van der Waals surface area contributed by atoms with E-state index in [1.165, 1.54) is 24.8 Å². The van der Waals surface area contributed by atoms with Crippen LogP contribution in [0.5, 0.6) is 5.75 Å². The van der Waals surface area contributed by atoms with Crippen LogP contribution in [-0.2, 0) is 0 Å². The van der Waals surface area contributed by atoms with Crippen LogP contribution >= 0.6 is 0 Å². The average molecular weight is 219 g/mol. The van der Waals surface area contributed by atoms with Crippen molar-refractivity contribution in [3.8, 4) is 5.75 Å². The molecule has 0 bridgehead atoms. The van der Waals surface area contributed by atoms with Crippen molar-refractivity contribution >= 4 is 0 Å². The first-order valence-corrected chi connectivity index (χ1v) is 6.11. The summed E-state index contributed by atoms with van der Waals surface area (Å²) >= 11 is 0. The van der Waals surface area contributed by atoms with Gasteiger partial charge < -0.3 is 10.5 Å². The van der Waals surface area contributed by atoms with Gasteiger partial charge in [-0.05, 0) is 25.3 Å². The maximum Gasteiger partial charge on any atom is 0.123 e. The maximum absolute atomic E-state index is 6.27. The summed E-state index contributed by atoms with van der Waals surface area (Å²) in [5.74, 6) is 1.76. The van der Waals surface area contributed by atoms with E-state index in [-0.39, 0.29) is 6.04 Å². The molecule has 1 atom stereocenters. The van der Waals surface area contributed by atoms with E-state index < -0.39 is 0 Å². The van der Waals surface area contributed by atoms with E-state index in [2.05, 4.69) is 19.1 Å². The first-order chi connectivity index (χ1) is 7.70. The van der Waals surface area contributed by atoms with Crippen LogP contribution in [0.25, 0.3) is 0 Å². The highest BCUT2D eigenvalue weighted by molar-refractivity contribution is 5.39. The minimum atomic E-state index is 0.125. The highest BCUT2D eigenvalue weighted by atomic mass is 16.5. The Bertz CT molecular complexity index is 358. The monoisotopic (exact) mass is 219 g/mol. The van der Waals surface area contributed by atoms with Gasteiger partial charge in [0.1, 0.15) is 5.75 Å². The number of methoxy groups -OCH3 is 1. The molecule has 0 heterocycles. The third-order valence-electron chi connectivity index (χ3n) is 3.60. The molecule has 0 saturated heterocycles. The summed E-state index contributed by atoms with van der Waals surface area (Å²) in [6.07, 6.45) is 5.17. The van der Waals surface area contributed by atoms with Crippen molar-refractivity contribution in [1.82, 2.24) is 0 Å². The van der Waals surface area contributed by atoms with E-state index in [1.54, 1.807) is 7.11 Å². The van der Waals surface area contributed by atoms with E-state index in [0.717, 1.165) is 23.7 Å². The molecule has 0 aliphatic heterocycles. The third-order valence-corrected chi connectivity index (χ3v) is 3.60. The van der Waals surface area contributed by atoms with E-state index in [9.17, 15) is 0 Å². The van der Waals surface area contributed by atoms with Gasteiger partial charge in [0.05, 0.1) is 7.11 Å². The van der Waals surface area contributed by atoms with E-state index in [0.29, 0.717) is 0 Å². The average Bonchev–Trinajstić information content (AvgIpc) is 2.23. The lowest BCUT2D eigenvalue weighted by atomic mass is 9.79. The molecule has 0 aromatic heterocycles. The predicted octanol–water partition coefficient (Wildman–Crippen LogP) is 3.19.